The van der Waals surface area contributed by atoms with Gasteiger partial charge >= 0.3 is 0 Å². The average Bonchev–Trinajstić information content (AvgIpc) is 2.87. The molecule has 0 amide bonds. The topological polar surface area (TPSA) is 18.5 Å². The Morgan fingerprint density at radius 2 is 2.10 bits per heavy atom. The number of ether oxygens (including phenoxy) is 2. The largest absolute Gasteiger partial charge is 0.489 e. The van der Waals surface area contributed by atoms with Gasteiger partial charge in [-0.25, -0.2) is 0 Å². The van der Waals surface area contributed by atoms with E-state index in [1.54, 1.807) is 0 Å². The second-order valence-electron chi connectivity index (χ2n) is 5.56. The molecule has 0 saturated heterocycles. The van der Waals surface area contributed by atoms with Crippen molar-refractivity contribution in [1.82, 2.24) is 0 Å². The van der Waals surface area contributed by atoms with Gasteiger partial charge in [-0.15, -0.1) is 0 Å². The predicted octanol–water partition coefficient (Wildman–Crippen LogP) is 4.58. The van der Waals surface area contributed by atoms with Crippen LogP contribution in [0, 0.1) is 13.8 Å². The zero-order valence-electron chi connectivity index (χ0n) is 12.4. The first-order valence-electron chi connectivity index (χ1n) is 7.21. The van der Waals surface area contributed by atoms with Crippen molar-refractivity contribution in [3.05, 3.63) is 58.7 Å². The molecular formula is C18H19BrO2. The van der Waals surface area contributed by atoms with Crippen molar-refractivity contribution in [1.29, 1.82) is 0 Å². The summed E-state index contributed by atoms with van der Waals surface area (Å²) in [7, 11) is 0. The van der Waals surface area contributed by atoms with Gasteiger partial charge in [0.15, 0.2) is 0 Å². The third-order valence-electron chi connectivity index (χ3n) is 3.81. The molecule has 2 aromatic rings. The summed E-state index contributed by atoms with van der Waals surface area (Å²) in [6.07, 6.45) is 1.02. The lowest BCUT2D eigenvalue weighted by Crippen LogP contribution is -2.23. The van der Waals surface area contributed by atoms with Gasteiger partial charge in [-0.1, -0.05) is 51.8 Å². The highest BCUT2D eigenvalue weighted by atomic mass is 79.9. The number of rotatable bonds is 4. The number of fused-ring (bicyclic) bond motifs is 1. The zero-order valence-corrected chi connectivity index (χ0v) is 13.9. The van der Waals surface area contributed by atoms with E-state index in [0.29, 0.717) is 6.61 Å². The van der Waals surface area contributed by atoms with Crippen LogP contribution in [-0.2, 0) is 11.8 Å². The number of para-hydroxylation sites is 1. The van der Waals surface area contributed by atoms with Gasteiger partial charge < -0.3 is 9.47 Å². The first-order chi connectivity index (χ1) is 10.2. The molecule has 1 atom stereocenters. The van der Waals surface area contributed by atoms with Gasteiger partial charge in [0.1, 0.15) is 24.2 Å². The van der Waals surface area contributed by atoms with Gasteiger partial charge in [0.25, 0.3) is 0 Å². The Bertz CT molecular complexity index is 652. The standard InChI is InChI=1S/C18H19BrO2/c1-12-6-7-17-15(8-12)9-16(21-17)11-20-18-13(2)4-3-5-14(18)10-19/h3-8,16H,9-11H2,1-2H3. The Labute approximate surface area is 134 Å². The van der Waals surface area contributed by atoms with Gasteiger partial charge in [0, 0.05) is 17.3 Å². The molecule has 0 N–H and O–H groups in total. The summed E-state index contributed by atoms with van der Waals surface area (Å²) in [5.74, 6) is 1.98. The van der Waals surface area contributed by atoms with E-state index in [4.69, 9.17) is 9.47 Å². The molecule has 1 aliphatic rings. The van der Waals surface area contributed by atoms with Crippen LogP contribution in [0.5, 0.6) is 11.5 Å². The van der Waals surface area contributed by atoms with E-state index in [1.165, 1.54) is 22.3 Å². The maximum atomic E-state index is 6.05. The molecule has 0 radical (unpaired) electrons. The molecule has 0 spiro atoms. The quantitative estimate of drug-likeness (QED) is 0.754. The van der Waals surface area contributed by atoms with Crippen molar-refractivity contribution >= 4 is 15.9 Å². The van der Waals surface area contributed by atoms with Crippen LogP contribution in [0.3, 0.4) is 0 Å². The number of halogens is 1. The smallest absolute Gasteiger partial charge is 0.137 e. The fourth-order valence-corrected chi connectivity index (χ4v) is 3.19. The first-order valence-corrected chi connectivity index (χ1v) is 8.33. The molecule has 3 rings (SSSR count). The second-order valence-corrected chi connectivity index (χ2v) is 6.12. The highest BCUT2D eigenvalue weighted by molar-refractivity contribution is 9.08. The summed E-state index contributed by atoms with van der Waals surface area (Å²) < 4.78 is 12.0. The first kappa shape index (κ1) is 14.5. The van der Waals surface area contributed by atoms with E-state index in [1.807, 2.05) is 0 Å². The van der Waals surface area contributed by atoms with Crippen molar-refractivity contribution < 1.29 is 9.47 Å². The number of hydrogen-bond donors (Lipinski definition) is 0. The highest BCUT2D eigenvalue weighted by Crippen LogP contribution is 2.31. The van der Waals surface area contributed by atoms with Crippen LogP contribution in [0.25, 0.3) is 0 Å². The van der Waals surface area contributed by atoms with E-state index in [2.05, 4.69) is 66.2 Å². The summed E-state index contributed by atoms with van der Waals surface area (Å²) in [6, 6.07) is 12.6. The Kier molecular flexibility index (Phi) is 4.20. The maximum absolute atomic E-state index is 6.05. The van der Waals surface area contributed by atoms with Crippen molar-refractivity contribution in [2.75, 3.05) is 6.61 Å². The van der Waals surface area contributed by atoms with E-state index >= 15 is 0 Å². The van der Waals surface area contributed by atoms with Gasteiger partial charge in [-0.2, -0.15) is 0 Å². The van der Waals surface area contributed by atoms with Crippen LogP contribution < -0.4 is 9.47 Å². The van der Waals surface area contributed by atoms with Gasteiger partial charge in [0.2, 0.25) is 0 Å². The van der Waals surface area contributed by atoms with Crippen LogP contribution in [0.15, 0.2) is 36.4 Å². The Morgan fingerprint density at radius 1 is 1.24 bits per heavy atom. The van der Waals surface area contributed by atoms with Crippen LogP contribution >= 0.6 is 15.9 Å². The SMILES string of the molecule is Cc1ccc2c(c1)CC(COc1c(C)cccc1CBr)O2. The molecule has 0 fully saturated rings. The van der Waals surface area contributed by atoms with Gasteiger partial charge in [-0.3, -0.25) is 0 Å². The van der Waals surface area contributed by atoms with Crippen LogP contribution in [0.2, 0.25) is 0 Å². The van der Waals surface area contributed by atoms with Crippen LogP contribution in [-0.4, -0.2) is 12.7 Å². The molecule has 2 nitrogen and oxygen atoms in total. The molecule has 110 valence electrons. The summed E-state index contributed by atoms with van der Waals surface area (Å²) in [4.78, 5) is 0. The predicted molar refractivity (Wildman–Crippen MR) is 88.6 cm³/mol. The lowest BCUT2D eigenvalue weighted by atomic mass is 10.1. The fraction of sp³-hybridized carbons (Fsp3) is 0.333. The van der Waals surface area contributed by atoms with Gasteiger partial charge in [0.05, 0.1) is 0 Å². The molecule has 1 unspecified atom stereocenters. The molecule has 0 aliphatic carbocycles. The number of hydrogen-bond acceptors (Lipinski definition) is 2. The third kappa shape index (κ3) is 3.08. The zero-order chi connectivity index (χ0) is 14.8. The average molecular weight is 347 g/mol. The van der Waals surface area contributed by atoms with Crippen molar-refractivity contribution in [2.45, 2.75) is 31.7 Å². The van der Waals surface area contributed by atoms with E-state index < -0.39 is 0 Å². The Hall–Kier alpha value is -1.48. The Morgan fingerprint density at radius 3 is 2.90 bits per heavy atom. The molecule has 0 bridgehead atoms. The minimum Gasteiger partial charge on any atom is -0.489 e. The van der Waals surface area contributed by atoms with Crippen molar-refractivity contribution in [2.24, 2.45) is 0 Å². The lowest BCUT2D eigenvalue weighted by molar-refractivity contribution is 0.147. The number of aryl methyl sites for hydroxylation is 2. The van der Waals surface area contributed by atoms with Crippen LogP contribution in [0.1, 0.15) is 22.3 Å². The highest BCUT2D eigenvalue weighted by Gasteiger charge is 2.23. The summed E-state index contributed by atoms with van der Waals surface area (Å²) in [6.45, 7) is 4.77. The maximum Gasteiger partial charge on any atom is 0.137 e. The normalized spacial score (nSPS) is 16.4. The summed E-state index contributed by atoms with van der Waals surface area (Å²) in [5, 5.41) is 0.801. The minimum absolute atomic E-state index is 0.101. The van der Waals surface area contributed by atoms with Crippen molar-refractivity contribution in [3.8, 4) is 11.5 Å². The van der Waals surface area contributed by atoms with Gasteiger partial charge in [-0.05, 0) is 31.0 Å². The Balaban J connectivity index is 1.68. The molecule has 0 saturated carbocycles. The molecule has 1 heterocycles. The van der Waals surface area contributed by atoms with E-state index in [0.717, 1.165) is 23.2 Å². The van der Waals surface area contributed by atoms with E-state index in [9.17, 15) is 0 Å². The monoisotopic (exact) mass is 346 g/mol. The summed E-state index contributed by atoms with van der Waals surface area (Å²) >= 11 is 3.52. The third-order valence-corrected chi connectivity index (χ3v) is 4.41. The minimum atomic E-state index is 0.101. The number of alkyl halides is 1. The summed E-state index contributed by atoms with van der Waals surface area (Å²) in [5.41, 5.74) is 4.91. The molecule has 0 aromatic heterocycles. The lowest BCUT2D eigenvalue weighted by Gasteiger charge is -2.16. The van der Waals surface area contributed by atoms with Crippen LogP contribution in [0.4, 0.5) is 0 Å². The number of benzene rings is 2. The molecular weight excluding hydrogens is 328 g/mol. The van der Waals surface area contributed by atoms with E-state index in [-0.39, 0.29) is 6.10 Å². The van der Waals surface area contributed by atoms with Crippen molar-refractivity contribution in [3.63, 3.8) is 0 Å². The molecule has 3 heteroatoms. The molecule has 21 heavy (non-hydrogen) atoms. The second kappa shape index (κ2) is 6.10. The molecule has 2 aromatic carbocycles. The molecule has 1 aliphatic heterocycles. The fourth-order valence-electron chi connectivity index (χ4n) is 2.74.